The van der Waals surface area contributed by atoms with Crippen molar-refractivity contribution in [3.05, 3.63) is 52.8 Å². The SMILES string of the molecule is Cc1ccc(Cl)cc1Oc1cncc(CCN)c1. The molecular weight excluding hydrogens is 248 g/mol. The summed E-state index contributed by atoms with van der Waals surface area (Å²) < 4.78 is 5.79. The fourth-order valence-electron chi connectivity index (χ4n) is 1.63. The third-order valence-corrected chi connectivity index (χ3v) is 2.82. The first-order chi connectivity index (χ1) is 8.69. The zero-order valence-electron chi connectivity index (χ0n) is 10.2. The monoisotopic (exact) mass is 262 g/mol. The molecule has 0 aliphatic carbocycles. The van der Waals surface area contributed by atoms with E-state index in [9.17, 15) is 0 Å². The Labute approximate surface area is 112 Å². The average Bonchev–Trinajstić information content (AvgIpc) is 2.35. The van der Waals surface area contributed by atoms with E-state index < -0.39 is 0 Å². The van der Waals surface area contributed by atoms with Gasteiger partial charge in [0.15, 0.2) is 0 Å². The van der Waals surface area contributed by atoms with Crippen molar-refractivity contribution >= 4 is 11.6 Å². The van der Waals surface area contributed by atoms with Crippen molar-refractivity contribution < 1.29 is 4.74 Å². The molecule has 0 aliphatic rings. The van der Waals surface area contributed by atoms with Gasteiger partial charge in [-0.3, -0.25) is 4.98 Å². The van der Waals surface area contributed by atoms with Crippen LogP contribution in [0.5, 0.6) is 11.5 Å². The molecule has 2 aromatic rings. The first-order valence-corrected chi connectivity index (χ1v) is 6.15. The van der Waals surface area contributed by atoms with Gasteiger partial charge >= 0.3 is 0 Å². The highest BCUT2D eigenvalue weighted by Crippen LogP contribution is 2.27. The van der Waals surface area contributed by atoms with E-state index in [0.717, 1.165) is 23.3 Å². The van der Waals surface area contributed by atoms with Crippen LogP contribution in [0.3, 0.4) is 0 Å². The molecule has 4 heteroatoms. The Balaban J connectivity index is 2.22. The standard InChI is InChI=1S/C14H15ClN2O/c1-10-2-3-12(15)7-14(10)18-13-6-11(4-5-16)8-17-9-13/h2-3,6-9H,4-5,16H2,1H3. The molecule has 0 radical (unpaired) electrons. The normalized spacial score (nSPS) is 10.4. The number of ether oxygens (including phenoxy) is 1. The molecular formula is C14H15ClN2O. The van der Waals surface area contributed by atoms with E-state index in [2.05, 4.69) is 4.98 Å². The summed E-state index contributed by atoms with van der Waals surface area (Å²) in [7, 11) is 0. The van der Waals surface area contributed by atoms with Crippen LogP contribution >= 0.6 is 11.6 Å². The lowest BCUT2D eigenvalue weighted by atomic mass is 10.2. The van der Waals surface area contributed by atoms with Crippen LogP contribution in [0, 0.1) is 6.92 Å². The van der Waals surface area contributed by atoms with E-state index in [0.29, 0.717) is 17.3 Å². The van der Waals surface area contributed by atoms with Crippen LogP contribution in [0.4, 0.5) is 0 Å². The van der Waals surface area contributed by atoms with Crippen molar-refractivity contribution in [3.8, 4) is 11.5 Å². The van der Waals surface area contributed by atoms with Gasteiger partial charge in [-0.05, 0) is 49.2 Å². The number of rotatable bonds is 4. The number of halogens is 1. The number of aromatic nitrogens is 1. The summed E-state index contributed by atoms with van der Waals surface area (Å²) in [4.78, 5) is 4.14. The highest BCUT2D eigenvalue weighted by molar-refractivity contribution is 6.30. The molecule has 1 heterocycles. The van der Waals surface area contributed by atoms with Crippen molar-refractivity contribution in [2.75, 3.05) is 6.54 Å². The lowest BCUT2D eigenvalue weighted by molar-refractivity contribution is 0.476. The second kappa shape index (κ2) is 5.85. The number of benzene rings is 1. The Bertz CT molecular complexity index is 543. The van der Waals surface area contributed by atoms with Crippen LogP contribution in [-0.4, -0.2) is 11.5 Å². The third-order valence-electron chi connectivity index (χ3n) is 2.58. The highest BCUT2D eigenvalue weighted by Gasteiger charge is 2.04. The summed E-state index contributed by atoms with van der Waals surface area (Å²) in [5.41, 5.74) is 7.62. The van der Waals surface area contributed by atoms with E-state index in [1.54, 1.807) is 18.5 Å². The van der Waals surface area contributed by atoms with E-state index in [4.69, 9.17) is 22.1 Å². The van der Waals surface area contributed by atoms with E-state index in [-0.39, 0.29) is 0 Å². The minimum absolute atomic E-state index is 0.599. The fraction of sp³-hybridized carbons (Fsp3) is 0.214. The van der Waals surface area contributed by atoms with Crippen LogP contribution in [0.1, 0.15) is 11.1 Å². The lowest BCUT2D eigenvalue weighted by Gasteiger charge is -2.09. The molecule has 0 amide bonds. The van der Waals surface area contributed by atoms with Gasteiger partial charge < -0.3 is 10.5 Å². The van der Waals surface area contributed by atoms with Crippen molar-refractivity contribution in [2.24, 2.45) is 5.73 Å². The summed E-state index contributed by atoms with van der Waals surface area (Å²) in [5, 5.41) is 0.654. The number of hydrogen-bond donors (Lipinski definition) is 1. The largest absolute Gasteiger partial charge is 0.455 e. The molecule has 0 atom stereocenters. The first-order valence-electron chi connectivity index (χ1n) is 5.77. The molecule has 1 aromatic carbocycles. The number of aryl methyl sites for hydroxylation is 1. The summed E-state index contributed by atoms with van der Waals surface area (Å²) in [6.07, 6.45) is 4.27. The van der Waals surface area contributed by atoms with Gasteiger partial charge in [-0.2, -0.15) is 0 Å². The van der Waals surface area contributed by atoms with Crippen LogP contribution in [0.2, 0.25) is 5.02 Å². The maximum absolute atomic E-state index is 5.95. The van der Waals surface area contributed by atoms with Gasteiger partial charge in [0.05, 0.1) is 6.20 Å². The molecule has 1 aromatic heterocycles. The Morgan fingerprint density at radius 1 is 1.28 bits per heavy atom. The topological polar surface area (TPSA) is 48.1 Å². The Hall–Kier alpha value is -1.58. The quantitative estimate of drug-likeness (QED) is 0.919. The number of hydrogen-bond acceptors (Lipinski definition) is 3. The van der Waals surface area contributed by atoms with E-state index in [1.165, 1.54) is 0 Å². The Morgan fingerprint density at radius 3 is 2.89 bits per heavy atom. The predicted molar refractivity (Wildman–Crippen MR) is 73.3 cm³/mol. The maximum Gasteiger partial charge on any atom is 0.145 e. The van der Waals surface area contributed by atoms with Crippen molar-refractivity contribution in [1.29, 1.82) is 0 Å². The highest BCUT2D eigenvalue weighted by atomic mass is 35.5. The minimum Gasteiger partial charge on any atom is -0.455 e. The van der Waals surface area contributed by atoms with E-state index in [1.807, 2.05) is 25.1 Å². The van der Waals surface area contributed by atoms with Crippen molar-refractivity contribution in [1.82, 2.24) is 4.98 Å². The summed E-state index contributed by atoms with van der Waals surface area (Å²) in [5.74, 6) is 1.44. The van der Waals surface area contributed by atoms with E-state index >= 15 is 0 Å². The molecule has 0 bridgehead atoms. The Kier molecular flexibility index (Phi) is 4.18. The van der Waals surface area contributed by atoms with Crippen molar-refractivity contribution in [3.63, 3.8) is 0 Å². The van der Waals surface area contributed by atoms with Crippen molar-refractivity contribution in [2.45, 2.75) is 13.3 Å². The molecule has 2 rings (SSSR count). The lowest BCUT2D eigenvalue weighted by Crippen LogP contribution is -2.03. The second-order valence-corrected chi connectivity index (χ2v) is 4.52. The molecule has 0 saturated carbocycles. The van der Waals surface area contributed by atoms with Gasteiger partial charge in [0.2, 0.25) is 0 Å². The Morgan fingerprint density at radius 2 is 2.11 bits per heavy atom. The molecule has 3 nitrogen and oxygen atoms in total. The zero-order valence-corrected chi connectivity index (χ0v) is 10.9. The summed E-state index contributed by atoms with van der Waals surface area (Å²) in [6, 6.07) is 7.51. The zero-order chi connectivity index (χ0) is 13.0. The number of nitrogens with two attached hydrogens (primary N) is 1. The predicted octanol–water partition coefficient (Wildman–Crippen LogP) is 3.34. The van der Waals surface area contributed by atoms with Crippen LogP contribution in [-0.2, 0) is 6.42 Å². The molecule has 2 N–H and O–H groups in total. The van der Waals surface area contributed by atoms with Gasteiger partial charge in [0.25, 0.3) is 0 Å². The second-order valence-electron chi connectivity index (χ2n) is 4.08. The molecule has 0 fully saturated rings. The van der Waals surface area contributed by atoms with Crippen LogP contribution in [0.15, 0.2) is 36.7 Å². The van der Waals surface area contributed by atoms with Gasteiger partial charge in [0, 0.05) is 11.2 Å². The summed E-state index contributed by atoms with van der Waals surface area (Å²) in [6.45, 7) is 2.57. The molecule has 18 heavy (non-hydrogen) atoms. The first kappa shape index (κ1) is 12.9. The van der Waals surface area contributed by atoms with Gasteiger partial charge in [-0.1, -0.05) is 17.7 Å². The smallest absolute Gasteiger partial charge is 0.145 e. The third kappa shape index (κ3) is 3.22. The molecule has 0 aliphatic heterocycles. The molecule has 0 unspecified atom stereocenters. The fourth-order valence-corrected chi connectivity index (χ4v) is 1.80. The molecule has 0 spiro atoms. The van der Waals surface area contributed by atoms with Gasteiger partial charge in [-0.25, -0.2) is 0 Å². The van der Waals surface area contributed by atoms with Crippen LogP contribution in [0.25, 0.3) is 0 Å². The van der Waals surface area contributed by atoms with Gasteiger partial charge in [0.1, 0.15) is 11.5 Å². The van der Waals surface area contributed by atoms with Crippen LogP contribution < -0.4 is 10.5 Å². The number of pyridine rings is 1. The average molecular weight is 263 g/mol. The molecule has 94 valence electrons. The number of nitrogens with zero attached hydrogens (tertiary/aromatic N) is 1. The maximum atomic E-state index is 5.95. The van der Waals surface area contributed by atoms with Gasteiger partial charge in [-0.15, -0.1) is 0 Å². The minimum atomic E-state index is 0.599. The summed E-state index contributed by atoms with van der Waals surface area (Å²) >= 11 is 5.95. The molecule has 0 saturated heterocycles.